The van der Waals surface area contributed by atoms with Crippen molar-refractivity contribution in [3.8, 4) is 0 Å². The molecule has 0 radical (unpaired) electrons. The van der Waals surface area contributed by atoms with Gasteiger partial charge in [-0.05, 0) is 50.6 Å². The van der Waals surface area contributed by atoms with Crippen molar-refractivity contribution in [2.75, 3.05) is 37.6 Å². The molecule has 0 spiro atoms. The molecule has 0 saturated carbocycles. The molecule has 0 bridgehead atoms. The van der Waals surface area contributed by atoms with Crippen LogP contribution in [0.4, 0.5) is 18.3 Å². The van der Waals surface area contributed by atoms with Crippen LogP contribution >= 0.6 is 11.3 Å². The van der Waals surface area contributed by atoms with Gasteiger partial charge in [0, 0.05) is 19.6 Å². The minimum absolute atomic E-state index is 0.411. The molecular formula is C15H23F3N4S. The van der Waals surface area contributed by atoms with Gasteiger partial charge in [-0.25, -0.2) is 0 Å². The lowest BCUT2D eigenvalue weighted by Gasteiger charge is -2.37. The smallest absolute Gasteiger partial charge is 0.346 e. The summed E-state index contributed by atoms with van der Waals surface area (Å²) in [6.07, 6.45) is 0.266. The van der Waals surface area contributed by atoms with Crippen LogP contribution in [0.1, 0.15) is 37.6 Å². The van der Waals surface area contributed by atoms with Crippen molar-refractivity contribution < 1.29 is 13.2 Å². The van der Waals surface area contributed by atoms with Crippen LogP contribution in [0, 0.1) is 11.8 Å². The maximum Gasteiger partial charge on any atom is 0.445 e. The highest BCUT2D eigenvalue weighted by Crippen LogP contribution is 2.35. The van der Waals surface area contributed by atoms with Gasteiger partial charge in [-0.2, -0.15) is 13.2 Å². The Bertz CT molecular complexity index is 511. The molecule has 3 heterocycles. The number of likely N-dealkylation sites (tertiary alicyclic amines) is 1. The second kappa shape index (κ2) is 6.93. The number of hydrogen-bond acceptors (Lipinski definition) is 5. The van der Waals surface area contributed by atoms with Gasteiger partial charge < -0.3 is 9.80 Å². The van der Waals surface area contributed by atoms with E-state index in [1.54, 1.807) is 0 Å². The van der Waals surface area contributed by atoms with E-state index in [2.05, 4.69) is 22.0 Å². The van der Waals surface area contributed by atoms with E-state index < -0.39 is 11.2 Å². The van der Waals surface area contributed by atoms with E-state index in [-0.39, 0.29) is 0 Å². The van der Waals surface area contributed by atoms with E-state index in [1.165, 1.54) is 12.8 Å². The van der Waals surface area contributed by atoms with E-state index in [0.29, 0.717) is 22.4 Å². The molecule has 23 heavy (non-hydrogen) atoms. The van der Waals surface area contributed by atoms with Crippen LogP contribution in [-0.4, -0.2) is 47.8 Å². The zero-order valence-electron chi connectivity index (χ0n) is 13.3. The fourth-order valence-electron chi connectivity index (χ4n) is 3.46. The highest BCUT2D eigenvalue weighted by Gasteiger charge is 2.36. The molecule has 2 aliphatic heterocycles. The van der Waals surface area contributed by atoms with Gasteiger partial charge in [-0.15, -0.1) is 10.2 Å². The Morgan fingerprint density at radius 3 is 2.52 bits per heavy atom. The summed E-state index contributed by atoms with van der Waals surface area (Å²) < 4.78 is 38.0. The SMILES string of the molecule is CC1CCN(C[C@H]2CCCN(c3nnc(C(F)(F)F)s3)C2)CC1. The summed E-state index contributed by atoms with van der Waals surface area (Å²) in [7, 11) is 0. The van der Waals surface area contributed by atoms with E-state index in [1.807, 2.05) is 4.90 Å². The Kier molecular flexibility index (Phi) is 5.10. The third-order valence-corrected chi connectivity index (χ3v) is 5.87. The first-order valence-corrected chi connectivity index (χ1v) is 9.11. The van der Waals surface area contributed by atoms with Crippen molar-refractivity contribution in [1.29, 1.82) is 0 Å². The van der Waals surface area contributed by atoms with E-state index in [4.69, 9.17) is 0 Å². The van der Waals surface area contributed by atoms with Gasteiger partial charge >= 0.3 is 6.18 Å². The van der Waals surface area contributed by atoms with Gasteiger partial charge in [0.25, 0.3) is 0 Å². The molecule has 0 N–H and O–H groups in total. The second-order valence-corrected chi connectivity index (χ2v) is 7.78. The number of rotatable bonds is 3. The van der Waals surface area contributed by atoms with Crippen molar-refractivity contribution in [1.82, 2.24) is 15.1 Å². The molecule has 4 nitrogen and oxygen atoms in total. The van der Waals surface area contributed by atoms with Gasteiger partial charge in [-0.3, -0.25) is 0 Å². The van der Waals surface area contributed by atoms with Crippen LogP contribution in [0.3, 0.4) is 0 Å². The number of alkyl halides is 3. The van der Waals surface area contributed by atoms with Gasteiger partial charge in [-0.1, -0.05) is 18.3 Å². The summed E-state index contributed by atoms with van der Waals surface area (Å²) >= 11 is 0.660. The highest BCUT2D eigenvalue weighted by atomic mass is 32.1. The summed E-state index contributed by atoms with van der Waals surface area (Å²) in [6, 6.07) is 0. The predicted octanol–water partition coefficient (Wildman–Crippen LogP) is 3.51. The minimum atomic E-state index is -4.39. The molecule has 0 aliphatic carbocycles. The molecule has 1 aromatic rings. The molecule has 2 fully saturated rings. The highest BCUT2D eigenvalue weighted by molar-refractivity contribution is 7.15. The summed E-state index contributed by atoms with van der Waals surface area (Å²) in [4.78, 5) is 4.49. The third-order valence-electron chi connectivity index (χ3n) is 4.84. The molecule has 1 atom stereocenters. The van der Waals surface area contributed by atoms with Crippen molar-refractivity contribution in [3.05, 3.63) is 5.01 Å². The topological polar surface area (TPSA) is 32.3 Å². The first-order valence-electron chi connectivity index (χ1n) is 8.30. The largest absolute Gasteiger partial charge is 0.445 e. The first kappa shape index (κ1) is 17.0. The molecule has 130 valence electrons. The Morgan fingerprint density at radius 2 is 1.87 bits per heavy atom. The van der Waals surface area contributed by atoms with E-state index in [9.17, 15) is 13.2 Å². The molecule has 2 aliphatic rings. The van der Waals surface area contributed by atoms with Crippen LogP contribution in [0.25, 0.3) is 0 Å². The average Bonchev–Trinajstić information content (AvgIpc) is 3.00. The first-order chi connectivity index (χ1) is 10.9. The lowest BCUT2D eigenvalue weighted by atomic mass is 9.94. The fraction of sp³-hybridized carbons (Fsp3) is 0.867. The zero-order valence-corrected chi connectivity index (χ0v) is 14.2. The van der Waals surface area contributed by atoms with Crippen LogP contribution in [0.2, 0.25) is 0 Å². The van der Waals surface area contributed by atoms with Gasteiger partial charge in [0.05, 0.1) is 0 Å². The van der Waals surface area contributed by atoms with E-state index >= 15 is 0 Å². The molecule has 8 heteroatoms. The van der Waals surface area contributed by atoms with Crippen molar-refractivity contribution in [2.45, 2.75) is 38.8 Å². The normalized spacial score (nSPS) is 25.0. The van der Waals surface area contributed by atoms with Crippen LogP contribution < -0.4 is 4.90 Å². The summed E-state index contributed by atoms with van der Waals surface area (Å²) in [5.41, 5.74) is 0. The van der Waals surface area contributed by atoms with Gasteiger partial charge in [0.1, 0.15) is 0 Å². The Morgan fingerprint density at radius 1 is 1.13 bits per heavy atom. The molecular weight excluding hydrogens is 325 g/mol. The molecule has 0 aromatic carbocycles. The zero-order chi connectivity index (χ0) is 16.4. The Hall–Kier alpha value is -0.890. The average molecular weight is 348 g/mol. The lowest BCUT2D eigenvalue weighted by molar-refractivity contribution is -0.138. The van der Waals surface area contributed by atoms with Crippen LogP contribution in [-0.2, 0) is 6.18 Å². The fourth-order valence-corrected chi connectivity index (χ4v) is 4.20. The monoisotopic (exact) mass is 348 g/mol. The molecule has 0 unspecified atom stereocenters. The van der Waals surface area contributed by atoms with Crippen LogP contribution in [0.15, 0.2) is 0 Å². The minimum Gasteiger partial charge on any atom is -0.346 e. The lowest BCUT2D eigenvalue weighted by Crippen LogP contribution is -2.43. The number of hydrogen-bond donors (Lipinski definition) is 0. The molecule has 0 amide bonds. The molecule has 1 aromatic heterocycles. The Balaban J connectivity index is 1.56. The summed E-state index contributed by atoms with van der Waals surface area (Å²) in [6.45, 7) is 7.21. The summed E-state index contributed by atoms with van der Waals surface area (Å²) in [5, 5.41) is 6.63. The van der Waals surface area contributed by atoms with Crippen molar-refractivity contribution >= 4 is 16.5 Å². The third kappa shape index (κ3) is 4.35. The number of nitrogens with zero attached hydrogens (tertiary/aromatic N) is 4. The van der Waals surface area contributed by atoms with Gasteiger partial charge in [0.2, 0.25) is 10.1 Å². The number of aromatic nitrogens is 2. The predicted molar refractivity (Wildman–Crippen MR) is 84.7 cm³/mol. The van der Waals surface area contributed by atoms with Gasteiger partial charge in [0.15, 0.2) is 0 Å². The number of anilines is 1. The van der Waals surface area contributed by atoms with Crippen molar-refractivity contribution in [2.24, 2.45) is 11.8 Å². The molecule has 3 rings (SSSR count). The Labute approximate surface area is 138 Å². The standard InChI is InChI=1S/C15H23F3N4S/c1-11-4-7-21(8-5-11)9-12-3-2-6-22(10-12)14-20-19-13(23-14)15(16,17)18/h11-12H,2-10H2,1H3/t12-/m1/s1. The summed E-state index contributed by atoms with van der Waals surface area (Å²) in [5.74, 6) is 1.33. The maximum absolute atomic E-state index is 12.7. The molecule has 2 saturated heterocycles. The maximum atomic E-state index is 12.7. The van der Waals surface area contributed by atoms with Crippen LogP contribution in [0.5, 0.6) is 0 Å². The second-order valence-electron chi connectivity index (χ2n) is 6.82. The van der Waals surface area contributed by atoms with Crippen molar-refractivity contribution in [3.63, 3.8) is 0 Å². The quantitative estimate of drug-likeness (QED) is 0.837. The number of halogens is 3. The van der Waals surface area contributed by atoms with E-state index in [0.717, 1.165) is 51.5 Å². The number of piperidine rings is 2.